The van der Waals surface area contributed by atoms with Crippen LogP contribution in [0.25, 0.3) is 0 Å². The fourth-order valence-corrected chi connectivity index (χ4v) is 3.99. The molecule has 0 atom stereocenters. The van der Waals surface area contributed by atoms with Gasteiger partial charge in [0.2, 0.25) is 5.91 Å². The summed E-state index contributed by atoms with van der Waals surface area (Å²) in [4.78, 5) is 12.6. The highest BCUT2D eigenvalue weighted by atomic mass is 32.2. The fourth-order valence-electron chi connectivity index (χ4n) is 3.01. The van der Waals surface area contributed by atoms with Gasteiger partial charge in [-0.1, -0.05) is 18.2 Å². The van der Waals surface area contributed by atoms with Crippen LogP contribution in [0.4, 0.5) is 47.8 Å². The first kappa shape index (κ1) is 28.1. The van der Waals surface area contributed by atoms with Crippen LogP contribution in [-0.2, 0) is 11.0 Å². The lowest BCUT2D eigenvalue weighted by Crippen LogP contribution is -2.21. The van der Waals surface area contributed by atoms with E-state index in [4.69, 9.17) is 17.0 Å². The number of hydrogen-bond donors (Lipinski definition) is 3. The number of carbonyl (C=O) groups is 1. The molecular formula is C23H16F7N3O2S2. The van der Waals surface area contributed by atoms with E-state index in [9.17, 15) is 35.5 Å². The Balaban J connectivity index is 1.64. The van der Waals surface area contributed by atoms with Crippen LogP contribution >= 0.6 is 24.0 Å². The van der Waals surface area contributed by atoms with Crippen LogP contribution in [0.3, 0.4) is 0 Å². The molecular weight excluding hydrogens is 547 g/mol. The van der Waals surface area contributed by atoms with Crippen LogP contribution in [0, 0.1) is 23.3 Å². The van der Waals surface area contributed by atoms with Gasteiger partial charge in [-0.05, 0) is 42.5 Å². The van der Waals surface area contributed by atoms with Gasteiger partial charge in [-0.2, -0.15) is 13.2 Å². The van der Waals surface area contributed by atoms with Crippen molar-refractivity contribution >= 4 is 52.1 Å². The Labute approximate surface area is 215 Å². The zero-order valence-corrected chi connectivity index (χ0v) is 20.2. The van der Waals surface area contributed by atoms with Crippen molar-refractivity contribution in [3.05, 3.63) is 77.4 Å². The van der Waals surface area contributed by atoms with Crippen LogP contribution in [0.5, 0.6) is 5.75 Å². The Morgan fingerprint density at radius 3 is 2.19 bits per heavy atom. The third-order valence-corrected chi connectivity index (χ3v) is 5.83. The lowest BCUT2D eigenvalue weighted by Gasteiger charge is -2.15. The molecule has 0 radical (unpaired) electrons. The van der Waals surface area contributed by atoms with E-state index in [0.29, 0.717) is 22.0 Å². The summed E-state index contributed by atoms with van der Waals surface area (Å²) in [5, 5.41) is 7.69. The van der Waals surface area contributed by atoms with Gasteiger partial charge in [-0.25, -0.2) is 17.6 Å². The van der Waals surface area contributed by atoms with Crippen LogP contribution < -0.4 is 20.7 Å². The van der Waals surface area contributed by atoms with Crippen LogP contribution in [0.15, 0.2) is 53.4 Å². The number of hydrogen-bond acceptors (Lipinski definition) is 4. The average molecular weight is 564 g/mol. The van der Waals surface area contributed by atoms with Gasteiger partial charge in [-0.15, -0.1) is 11.8 Å². The number of nitrogens with one attached hydrogen (secondary N) is 3. The monoisotopic (exact) mass is 563 g/mol. The van der Waals surface area contributed by atoms with Crippen molar-refractivity contribution in [1.29, 1.82) is 0 Å². The number of amides is 1. The summed E-state index contributed by atoms with van der Waals surface area (Å²) in [6.07, 6.45) is -5.68. The number of thiocarbonyl (C=S) groups is 1. The summed E-state index contributed by atoms with van der Waals surface area (Å²) >= 11 is 6.15. The molecule has 0 heterocycles. The molecule has 196 valence electrons. The summed E-state index contributed by atoms with van der Waals surface area (Å²) in [5.74, 6) is -11.1. The zero-order valence-electron chi connectivity index (χ0n) is 18.6. The summed E-state index contributed by atoms with van der Waals surface area (Å²) in [5.41, 5.74) is -3.25. The van der Waals surface area contributed by atoms with E-state index in [2.05, 4.69) is 10.6 Å². The number of benzene rings is 3. The van der Waals surface area contributed by atoms with Crippen molar-refractivity contribution in [2.75, 3.05) is 28.8 Å². The van der Waals surface area contributed by atoms with E-state index in [1.807, 2.05) is 0 Å². The van der Waals surface area contributed by atoms with Crippen molar-refractivity contribution in [1.82, 2.24) is 0 Å². The Bertz CT molecular complexity index is 1310. The Morgan fingerprint density at radius 1 is 0.919 bits per heavy atom. The van der Waals surface area contributed by atoms with Crippen LogP contribution in [0.1, 0.15) is 5.56 Å². The largest absolute Gasteiger partial charge is 0.495 e. The first-order chi connectivity index (χ1) is 17.4. The van der Waals surface area contributed by atoms with Crippen molar-refractivity contribution in [2.24, 2.45) is 0 Å². The molecule has 0 aliphatic rings. The van der Waals surface area contributed by atoms with E-state index in [0.717, 1.165) is 11.8 Å². The van der Waals surface area contributed by atoms with Gasteiger partial charge in [0.15, 0.2) is 28.4 Å². The summed E-state index contributed by atoms with van der Waals surface area (Å²) < 4.78 is 98.8. The summed E-state index contributed by atoms with van der Waals surface area (Å²) in [7, 11) is 1.50. The van der Waals surface area contributed by atoms with E-state index in [-0.39, 0.29) is 5.11 Å². The second-order valence-corrected chi connectivity index (χ2v) is 8.60. The van der Waals surface area contributed by atoms with E-state index >= 15 is 0 Å². The second-order valence-electron chi connectivity index (χ2n) is 7.15. The molecule has 1 amide bonds. The molecule has 3 aromatic carbocycles. The molecule has 0 unspecified atom stereocenters. The van der Waals surface area contributed by atoms with Crippen molar-refractivity contribution < 1.29 is 40.3 Å². The number of halogens is 7. The molecule has 5 nitrogen and oxygen atoms in total. The van der Waals surface area contributed by atoms with Gasteiger partial charge >= 0.3 is 6.18 Å². The predicted molar refractivity (Wildman–Crippen MR) is 130 cm³/mol. The highest BCUT2D eigenvalue weighted by Crippen LogP contribution is 2.38. The van der Waals surface area contributed by atoms with Crippen molar-refractivity contribution in [3.8, 4) is 5.75 Å². The number of methoxy groups -OCH3 is 1. The molecule has 0 saturated carbocycles. The fraction of sp³-hybridized carbons (Fsp3) is 0.130. The minimum atomic E-state index is -5.68. The van der Waals surface area contributed by atoms with E-state index < -0.39 is 52.4 Å². The van der Waals surface area contributed by atoms with Gasteiger partial charge in [0, 0.05) is 10.6 Å². The van der Waals surface area contributed by atoms with Gasteiger partial charge in [0.25, 0.3) is 0 Å². The van der Waals surface area contributed by atoms with Gasteiger partial charge in [0.05, 0.1) is 18.6 Å². The van der Waals surface area contributed by atoms with E-state index in [1.54, 1.807) is 53.8 Å². The molecule has 0 saturated heterocycles. The maximum atomic E-state index is 14.0. The molecule has 3 aromatic rings. The minimum absolute atomic E-state index is 0.224. The summed E-state index contributed by atoms with van der Waals surface area (Å²) in [6, 6.07) is 13.5. The topological polar surface area (TPSA) is 62.4 Å². The molecule has 0 aliphatic heterocycles. The maximum Gasteiger partial charge on any atom is 0.422 e. The highest BCUT2D eigenvalue weighted by Gasteiger charge is 2.42. The number of para-hydroxylation sites is 2. The number of alkyl halides is 3. The van der Waals surface area contributed by atoms with Crippen LogP contribution in [0.2, 0.25) is 0 Å². The number of ether oxygens (including phenoxy) is 1. The molecule has 0 spiro atoms. The molecule has 0 fully saturated rings. The average Bonchev–Trinajstić information content (AvgIpc) is 2.84. The standard InChI is InChI=1S/C23H16F7N3O2S2/c1-35-14-8-3-2-7-13(14)32-22(36)31-11-5-4-6-12(9-11)37-10-15(34)33-21-19(26)17(24)16(23(28,29)30)18(25)20(21)27/h2-9H,10H2,1H3,(H,33,34)(H2,31,32,36). The number of rotatable bonds is 7. The number of carbonyl (C=O) groups excluding carboxylic acids is 1. The molecule has 3 N–H and O–H groups in total. The maximum absolute atomic E-state index is 14.0. The third-order valence-electron chi connectivity index (χ3n) is 4.63. The second kappa shape index (κ2) is 11.7. The van der Waals surface area contributed by atoms with Gasteiger partial charge < -0.3 is 20.7 Å². The quantitative estimate of drug-likeness (QED) is 0.127. The Morgan fingerprint density at radius 2 is 1.57 bits per heavy atom. The smallest absolute Gasteiger partial charge is 0.422 e. The van der Waals surface area contributed by atoms with Crippen molar-refractivity contribution in [2.45, 2.75) is 11.1 Å². The Kier molecular flexibility index (Phi) is 8.86. The predicted octanol–water partition coefficient (Wildman–Crippen LogP) is 6.81. The first-order valence-corrected chi connectivity index (χ1v) is 11.5. The lowest BCUT2D eigenvalue weighted by atomic mass is 10.1. The lowest BCUT2D eigenvalue weighted by molar-refractivity contribution is -0.143. The van der Waals surface area contributed by atoms with E-state index in [1.165, 1.54) is 7.11 Å². The summed E-state index contributed by atoms with van der Waals surface area (Å²) in [6.45, 7) is 0. The molecule has 3 rings (SSSR count). The third kappa shape index (κ3) is 6.83. The number of anilines is 3. The first-order valence-electron chi connectivity index (χ1n) is 10.1. The Hall–Kier alpha value is -3.52. The normalized spacial score (nSPS) is 11.1. The number of thioether (sulfide) groups is 1. The molecule has 0 aliphatic carbocycles. The molecule has 14 heteroatoms. The molecule has 0 bridgehead atoms. The molecule has 0 aromatic heterocycles. The van der Waals surface area contributed by atoms with Gasteiger partial charge in [-0.3, -0.25) is 4.79 Å². The zero-order chi connectivity index (χ0) is 27.3. The van der Waals surface area contributed by atoms with Crippen molar-refractivity contribution in [3.63, 3.8) is 0 Å². The van der Waals surface area contributed by atoms with Gasteiger partial charge in [0.1, 0.15) is 17.0 Å². The SMILES string of the molecule is COc1ccccc1NC(=S)Nc1cccc(SCC(=O)Nc2c(F)c(F)c(C(F)(F)F)c(F)c2F)c1. The highest BCUT2D eigenvalue weighted by molar-refractivity contribution is 8.00. The minimum Gasteiger partial charge on any atom is -0.495 e. The van der Waals surface area contributed by atoms with Crippen LogP contribution in [-0.4, -0.2) is 23.9 Å². The molecule has 37 heavy (non-hydrogen) atoms.